The van der Waals surface area contributed by atoms with Crippen LogP contribution in [0.5, 0.6) is 0 Å². The van der Waals surface area contributed by atoms with Crippen molar-refractivity contribution in [2.75, 3.05) is 13.1 Å². The third-order valence-electron chi connectivity index (χ3n) is 6.20. The van der Waals surface area contributed by atoms with E-state index < -0.39 is 5.60 Å². The summed E-state index contributed by atoms with van der Waals surface area (Å²) in [7, 11) is 0. The molecule has 7 nitrogen and oxygen atoms in total. The van der Waals surface area contributed by atoms with Gasteiger partial charge in [0.1, 0.15) is 17.5 Å². The van der Waals surface area contributed by atoms with Gasteiger partial charge in [0, 0.05) is 24.1 Å². The SMILES string of the molecule is O=c1c2cnn(-c3ccc(F)cc3)c2ncn1CC1(O)CCN(Cc2ccc(Br)cc2)CC1. The molecule has 0 saturated carbocycles. The third-order valence-corrected chi connectivity index (χ3v) is 6.73. The molecule has 1 aliphatic heterocycles. The highest BCUT2D eigenvalue weighted by atomic mass is 79.9. The molecular weight excluding hydrogens is 489 g/mol. The average Bonchev–Trinajstić information content (AvgIpc) is 3.24. The molecule has 1 N–H and O–H groups in total. The van der Waals surface area contributed by atoms with Gasteiger partial charge >= 0.3 is 0 Å². The van der Waals surface area contributed by atoms with Crippen molar-refractivity contribution in [3.05, 3.63) is 87.3 Å². The number of nitrogens with zero attached hydrogens (tertiary/aromatic N) is 5. The maximum atomic E-state index is 13.2. The van der Waals surface area contributed by atoms with Crippen molar-refractivity contribution in [2.45, 2.75) is 31.5 Å². The van der Waals surface area contributed by atoms with Gasteiger partial charge in [0.25, 0.3) is 5.56 Å². The minimum absolute atomic E-state index is 0.183. The molecule has 0 aliphatic carbocycles. The van der Waals surface area contributed by atoms with Crippen LogP contribution in [0.2, 0.25) is 0 Å². The van der Waals surface area contributed by atoms with Crippen LogP contribution in [0.1, 0.15) is 18.4 Å². The van der Waals surface area contributed by atoms with Crippen molar-refractivity contribution in [1.29, 1.82) is 0 Å². The van der Waals surface area contributed by atoms with Gasteiger partial charge in [0.15, 0.2) is 5.65 Å². The molecule has 170 valence electrons. The summed E-state index contributed by atoms with van der Waals surface area (Å²) >= 11 is 3.46. The lowest BCUT2D eigenvalue weighted by atomic mass is 9.91. The molecule has 0 radical (unpaired) electrons. The maximum Gasteiger partial charge on any atom is 0.264 e. The Balaban J connectivity index is 1.30. The molecule has 1 aliphatic rings. The molecule has 0 unspecified atom stereocenters. The summed E-state index contributed by atoms with van der Waals surface area (Å²) in [5, 5.41) is 15.8. The lowest BCUT2D eigenvalue weighted by Gasteiger charge is -2.38. The van der Waals surface area contributed by atoms with Crippen molar-refractivity contribution in [2.24, 2.45) is 0 Å². The van der Waals surface area contributed by atoms with E-state index in [1.54, 1.807) is 12.1 Å². The van der Waals surface area contributed by atoms with Crippen LogP contribution in [-0.2, 0) is 13.1 Å². The molecule has 1 saturated heterocycles. The van der Waals surface area contributed by atoms with Gasteiger partial charge in [0.2, 0.25) is 0 Å². The van der Waals surface area contributed by atoms with E-state index in [0.717, 1.165) is 24.1 Å². The van der Waals surface area contributed by atoms with Gasteiger partial charge < -0.3 is 5.11 Å². The first-order chi connectivity index (χ1) is 15.9. The van der Waals surface area contributed by atoms with E-state index >= 15 is 0 Å². The van der Waals surface area contributed by atoms with Crippen LogP contribution in [-0.4, -0.2) is 48.0 Å². The van der Waals surface area contributed by atoms with Crippen LogP contribution in [0, 0.1) is 5.82 Å². The second-order valence-electron chi connectivity index (χ2n) is 8.57. The van der Waals surface area contributed by atoms with Gasteiger partial charge in [-0.2, -0.15) is 5.10 Å². The van der Waals surface area contributed by atoms with Gasteiger partial charge in [-0.1, -0.05) is 28.1 Å². The van der Waals surface area contributed by atoms with E-state index in [0.29, 0.717) is 29.6 Å². The zero-order valence-electron chi connectivity index (χ0n) is 17.9. The largest absolute Gasteiger partial charge is 0.388 e. The molecule has 0 bridgehead atoms. The number of aliphatic hydroxyl groups is 1. The fraction of sp³-hybridized carbons (Fsp3) is 0.292. The molecule has 0 atom stereocenters. The molecule has 2 aromatic carbocycles. The first-order valence-corrected chi connectivity index (χ1v) is 11.6. The van der Waals surface area contributed by atoms with Gasteiger partial charge in [-0.3, -0.25) is 14.3 Å². The van der Waals surface area contributed by atoms with Gasteiger partial charge in [0.05, 0.1) is 24.0 Å². The Bertz CT molecular complexity index is 1330. The van der Waals surface area contributed by atoms with E-state index in [9.17, 15) is 14.3 Å². The zero-order valence-corrected chi connectivity index (χ0v) is 19.4. The molecule has 0 amide bonds. The van der Waals surface area contributed by atoms with Gasteiger partial charge in [-0.05, 0) is 54.8 Å². The number of hydrogen-bond acceptors (Lipinski definition) is 5. The highest BCUT2D eigenvalue weighted by Gasteiger charge is 2.33. The lowest BCUT2D eigenvalue weighted by Crippen LogP contribution is -2.47. The summed E-state index contributed by atoms with van der Waals surface area (Å²) in [5.41, 5.74) is 1.03. The second kappa shape index (κ2) is 8.81. The summed E-state index contributed by atoms with van der Waals surface area (Å²) < 4.78 is 17.3. The Morgan fingerprint density at radius 2 is 1.76 bits per heavy atom. The van der Waals surface area contributed by atoms with Crippen LogP contribution >= 0.6 is 15.9 Å². The molecule has 9 heteroatoms. The van der Waals surface area contributed by atoms with Crippen molar-refractivity contribution in [3.8, 4) is 5.69 Å². The molecule has 3 heterocycles. The Morgan fingerprint density at radius 3 is 2.45 bits per heavy atom. The van der Waals surface area contributed by atoms with Crippen molar-refractivity contribution in [3.63, 3.8) is 0 Å². The predicted octanol–water partition coefficient (Wildman–Crippen LogP) is 3.51. The van der Waals surface area contributed by atoms with Crippen LogP contribution in [0.4, 0.5) is 4.39 Å². The Hall–Kier alpha value is -2.88. The number of aromatic nitrogens is 4. The van der Waals surface area contributed by atoms with E-state index in [2.05, 4.69) is 43.0 Å². The standard InChI is InChI=1S/C24H23BrFN5O2/c25-18-3-1-17(2-4-18)14-29-11-9-24(33,10-12-29)15-30-16-27-22-21(23(30)32)13-28-31(22)20-7-5-19(26)6-8-20/h1-8,13,16,33H,9-12,14-15H2. The second-order valence-corrected chi connectivity index (χ2v) is 9.49. The summed E-state index contributed by atoms with van der Waals surface area (Å²) in [6.07, 6.45) is 4.07. The number of likely N-dealkylation sites (tertiary alicyclic amines) is 1. The van der Waals surface area contributed by atoms with E-state index in [1.807, 2.05) is 12.1 Å². The Kier molecular flexibility index (Phi) is 5.86. The predicted molar refractivity (Wildman–Crippen MR) is 127 cm³/mol. The number of halogens is 2. The smallest absolute Gasteiger partial charge is 0.264 e. The molecule has 33 heavy (non-hydrogen) atoms. The highest BCUT2D eigenvalue weighted by Crippen LogP contribution is 2.25. The van der Waals surface area contributed by atoms with Crippen molar-refractivity contribution >= 4 is 27.0 Å². The zero-order chi connectivity index (χ0) is 23.0. The summed E-state index contributed by atoms with van der Waals surface area (Å²) in [6, 6.07) is 14.1. The molecule has 4 aromatic rings. The van der Waals surface area contributed by atoms with Crippen LogP contribution < -0.4 is 5.56 Å². The highest BCUT2D eigenvalue weighted by molar-refractivity contribution is 9.10. The topological polar surface area (TPSA) is 76.2 Å². The number of rotatable bonds is 5. The quantitative estimate of drug-likeness (QED) is 0.443. The maximum absolute atomic E-state index is 13.2. The number of fused-ring (bicyclic) bond motifs is 1. The Morgan fingerprint density at radius 1 is 1.06 bits per heavy atom. The number of benzene rings is 2. The lowest BCUT2D eigenvalue weighted by molar-refractivity contribution is -0.0364. The molecule has 0 spiro atoms. The Labute approximate surface area is 198 Å². The number of piperidine rings is 1. The summed E-state index contributed by atoms with van der Waals surface area (Å²) in [4.78, 5) is 19.8. The van der Waals surface area contributed by atoms with Crippen molar-refractivity contribution < 1.29 is 9.50 Å². The minimum atomic E-state index is -0.970. The van der Waals surface area contributed by atoms with Crippen LogP contribution in [0.25, 0.3) is 16.7 Å². The minimum Gasteiger partial charge on any atom is -0.388 e. The number of hydrogen-bond donors (Lipinski definition) is 1. The monoisotopic (exact) mass is 511 g/mol. The first-order valence-electron chi connectivity index (χ1n) is 10.8. The first kappa shape index (κ1) is 21.9. The molecule has 1 fully saturated rings. The van der Waals surface area contributed by atoms with Crippen molar-refractivity contribution in [1.82, 2.24) is 24.2 Å². The summed E-state index contributed by atoms with van der Waals surface area (Å²) in [5.74, 6) is -0.346. The van der Waals surface area contributed by atoms with E-state index in [1.165, 1.54) is 39.5 Å². The summed E-state index contributed by atoms with van der Waals surface area (Å²) in [6.45, 7) is 2.51. The molecular formula is C24H23BrFN5O2. The molecule has 2 aromatic heterocycles. The van der Waals surface area contributed by atoms with E-state index in [4.69, 9.17) is 0 Å². The average molecular weight is 512 g/mol. The normalized spacial score (nSPS) is 16.3. The van der Waals surface area contributed by atoms with Crippen LogP contribution in [0.3, 0.4) is 0 Å². The van der Waals surface area contributed by atoms with Gasteiger partial charge in [-0.15, -0.1) is 0 Å². The third kappa shape index (κ3) is 4.62. The fourth-order valence-corrected chi connectivity index (χ4v) is 4.55. The van der Waals surface area contributed by atoms with Crippen LogP contribution in [0.15, 0.2) is 70.3 Å². The van der Waals surface area contributed by atoms with E-state index in [-0.39, 0.29) is 17.9 Å². The van der Waals surface area contributed by atoms with Gasteiger partial charge in [-0.25, -0.2) is 14.1 Å². The molecule has 5 rings (SSSR count). The fourth-order valence-electron chi connectivity index (χ4n) is 4.28.